The van der Waals surface area contributed by atoms with Gasteiger partial charge in [0.15, 0.2) is 0 Å². The van der Waals surface area contributed by atoms with Crippen molar-refractivity contribution in [1.29, 1.82) is 0 Å². The number of benzene rings is 2. The van der Waals surface area contributed by atoms with E-state index in [9.17, 15) is 4.79 Å². The van der Waals surface area contributed by atoms with Crippen LogP contribution >= 0.6 is 35.4 Å². The molecule has 3 rings (SSSR count). The number of thiocarbonyl (C=S) groups is 1. The largest absolute Gasteiger partial charge is 0.493 e. The van der Waals surface area contributed by atoms with Gasteiger partial charge in [0.2, 0.25) is 0 Å². The number of halogens is 2. The van der Waals surface area contributed by atoms with Crippen molar-refractivity contribution in [2.24, 2.45) is 5.92 Å². The number of esters is 1. The van der Waals surface area contributed by atoms with Gasteiger partial charge in [-0.2, -0.15) is 0 Å². The number of hydrogen-bond acceptors (Lipinski definition) is 4. The predicted octanol–water partition coefficient (Wildman–Crippen LogP) is 5.55. The molecular formula is C20H19Cl2NO3S. The summed E-state index contributed by atoms with van der Waals surface area (Å²) in [6.07, 6.45) is 2.51. The highest BCUT2D eigenvalue weighted by Crippen LogP contribution is 2.31. The zero-order valence-electron chi connectivity index (χ0n) is 14.8. The molecule has 1 N–H and O–H groups in total. The topological polar surface area (TPSA) is 47.6 Å². The zero-order chi connectivity index (χ0) is 19.4. The highest BCUT2D eigenvalue weighted by Gasteiger charge is 2.21. The number of rotatable bonds is 5. The first kappa shape index (κ1) is 19.9. The van der Waals surface area contributed by atoms with E-state index in [-0.39, 0.29) is 10.6 Å². The fourth-order valence-corrected chi connectivity index (χ4v) is 3.90. The minimum absolute atomic E-state index is 0.219. The van der Waals surface area contributed by atoms with Crippen LogP contribution in [0.5, 0.6) is 5.75 Å². The molecule has 2 aromatic carbocycles. The molecule has 0 amide bonds. The number of para-hydroxylation sites is 1. The third-order valence-electron chi connectivity index (χ3n) is 4.45. The summed E-state index contributed by atoms with van der Waals surface area (Å²) in [6, 6.07) is 11.2. The first-order chi connectivity index (χ1) is 13.0. The van der Waals surface area contributed by atoms with Gasteiger partial charge in [0.05, 0.1) is 29.4 Å². The van der Waals surface area contributed by atoms with E-state index in [1.165, 1.54) is 18.7 Å². The first-order valence-electron chi connectivity index (χ1n) is 8.56. The maximum atomic E-state index is 12.0. The van der Waals surface area contributed by atoms with Gasteiger partial charge in [-0.15, -0.1) is 0 Å². The lowest BCUT2D eigenvalue weighted by molar-refractivity contribution is 0.0602. The molecule has 0 saturated heterocycles. The summed E-state index contributed by atoms with van der Waals surface area (Å²) in [5, 5.41) is 3.72. The van der Waals surface area contributed by atoms with Crippen LogP contribution in [0.15, 0.2) is 36.4 Å². The van der Waals surface area contributed by atoms with Gasteiger partial charge in [0, 0.05) is 5.02 Å². The molecule has 1 heterocycles. The van der Waals surface area contributed by atoms with Crippen LogP contribution < -0.4 is 10.1 Å². The summed E-state index contributed by atoms with van der Waals surface area (Å²) in [4.78, 5) is 12.6. The van der Waals surface area contributed by atoms with Gasteiger partial charge in [-0.25, -0.2) is 4.79 Å². The molecule has 142 valence electrons. The quantitative estimate of drug-likeness (QED) is 0.504. The van der Waals surface area contributed by atoms with E-state index in [4.69, 9.17) is 44.9 Å². The minimum atomic E-state index is -0.542. The maximum Gasteiger partial charge on any atom is 0.341 e. The number of fused-ring (bicyclic) bond motifs is 1. The normalized spacial score (nSPS) is 15.4. The first-order valence-corrected chi connectivity index (χ1v) is 9.72. The second-order valence-corrected chi connectivity index (χ2v) is 7.71. The molecule has 1 aliphatic rings. The van der Waals surface area contributed by atoms with E-state index in [1.807, 2.05) is 18.2 Å². The van der Waals surface area contributed by atoms with E-state index < -0.39 is 5.97 Å². The molecule has 0 bridgehead atoms. The van der Waals surface area contributed by atoms with Crippen molar-refractivity contribution in [3.63, 3.8) is 0 Å². The van der Waals surface area contributed by atoms with Gasteiger partial charge >= 0.3 is 5.97 Å². The Morgan fingerprint density at radius 2 is 2.11 bits per heavy atom. The van der Waals surface area contributed by atoms with Gasteiger partial charge in [-0.3, -0.25) is 0 Å². The number of ether oxygens (including phenoxy) is 2. The summed E-state index contributed by atoms with van der Waals surface area (Å²) < 4.78 is 10.6. The van der Waals surface area contributed by atoms with Crippen molar-refractivity contribution >= 4 is 52.1 Å². The summed E-state index contributed by atoms with van der Waals surface area (Å²) in [6.45, 7) is 0.677. The number of carbonyl (C=O) groups is 1. The third-order valence-corrected chi connectivity index (χ3v) is 5.28. The summed E-state index contributed by atoms with van der Waals surface area (Å²) in [7, 11) is 1.30. The van der Waals surface area contributed by atoms with Gasteiger partial charge in [0.1, 0.15) is 11.3 Å². The molecule has 7 heteroatoms. The van der Waals surface area contributed by atoms with Crippen molar-refractivity contribution in [3.8, 4) is 5.75 Å². The van der Waals surface area contributed by atoms with E-state index in [1.54, 1.807) is 6.07 Å². The van der Waals surface area contributed by atoms with Crippen LogP contribution in [0.4, 0.5) is 5.69 Å². The van der Waals surface area contributed by atoms with Crippen molar-refractivity contribution < 1.29 is 14.3 Å². The van der Waals surface area contributed by atoms with Crippen LogP contribution in [0.3, 0.4) is 0 Å². The minimum Gasteiger partial charge on any atom is -0.493 e. The lowest BCUT2D eigenvalue weighted by atomic mass is 9.93. The smallest absolute Gasteiger partial charge is 0.341 e. The Hall–Kier alpha value is -1.82. The summed E-state index contributed by atoms with van der Waals surface area (Å²) in [5.41, 5.74) is 1.90. The summed E-state index contributed by atoms with van der Waals surface area (Å²) >= 11 is 17.7. The number of carbonyl (C=O) groups excluding carboxylic acids is 1. The maximum absolute atomic E-state index is 12.0. The molecule has 1 unspecified atom stereocenters. The molecule has 0 radical (unpaired) electrons. The van der Waals surface area contributed by atoms with Crippen LogP contribution in [-0.2, 0) is 11.2 Å². The lowest BCUT2D eigenvalue weighted by Crippen LogP contribution is -2.22. The number of methoxy groups -OCH3 is 1. The molecule has 0 aliphatic carbocycles. The Balaban J connectivity index is 1.63. The van der Waals surface area contributed by atoms with Gasteiger partial charge < -0.3 is 14.8 Å². The molecule has 4 nitrogen and oxygen atoms in total. The third kappa shape index (κ3) is 4.92. The highest BCUT2D eigenvalue weighted by atomic mass is 35.5. The Morgan fingerprint density at radius 1 is 1.33 bits per heavy atom. The summed E-state index contributed by atoms with van der Waals surface area (Å²) in [5.74, 6) is 0.813. The van der Waals surface area contributed by atoms with Gasteiger partial charge in [-0.1, -0.05) is 53.6 Å². The van der Waals surface area contributed by atoms with E-state index >= 15 is 0 Å². The Bertz CT molecular complexity index is 872. The number of nitrogens with one attached hydrogen (secondary N) is 1. The lowest BCUT2D eigenvalue weighted by Gasteiger charge is -2.25. The van der Waals surface area contributed by atoms with Crippen LogP contribution in [-0.4, -0.2) is 24.7 Å². The number of hydrogen-bond donors (Lipinski definition) is 1. The molecule has 0 aromatic heterocycles. The standard InChI is InChI=1S/C20H19Cl2NO3S/c1-25-20(24)19-15(22)9-14(21)10-16(19)23-18(27)7-6-12-8-13-4-2-3-5-17(13)26-11-12/h2-5,9-10,12H,6-8,11H2,1H3,(H,23,27). The van der Waals surface area contributed by atoms with E-state index in [0.29, 0.717) is 34.6 Å². The van der Waals surface area contributed by atoms with Crippen LogP contribution in [0.25, 0.3) is 0 Å². The van der Waals surface area contributed by atoms with Crippen molar-refractivity contribution in [1.82, 2.24) is 0 Å². The van der Waals surface area contributed by atoms with E-state index in [0.717, 1.165) is 18.6 Å². The molecular weight excluding hydrogens is 405 g/mol. The molecule has 1 atom stereocenters. The molecule has 0 fully saturated rings. The molecule has 0 spiro atoms. The second kappa shape index (κ2) is 8.91. The van der Waals surface area contributed by atoms with Crippen LogP contribution in [0.2, 0.25) is 10.0 Å². The van der Waals surface area contributed by atoms with Crippen molar-refractivity contribution in [2.75, 3.05) is 19.0 Å². The fourth-order valence-electron chi connectivity index (χ4n) is 3.11. The zero-order valence-corrected chi connectivity index (χ0v) is 17.1. The Kier molecular flexibility index (Phi) is 6.58. The Labute approximate surface area is 173 Å². The molecule has 1 aliphatic heterocycles. The van der Waals surface area contributed by atoms with Crippen molar-refractivity contribution in [2.45, 2.75) is 19.3 Å². The van der Waals surface area contributed by atoms with Crippen LogP contribution in [0, 0.1) is 5.92 Å². The number of anilines is 1. The molecule has 27 heavy (non-hydrogen) atoms. The molecule has 2 aromatic rings. The Morgan fingerprint density at radius 3 is 2.89 bits per heavy atom. The highest BCUT2D eigenvalue weighted by molar-refractivity contribution is 7.80. The van der Waals surface area contributed by atoms with Crippen LogP contribution in [0.1, 0.15) is 28.8 Å². The predicted molar refractivity (Wildman–Crippen MR) is 112 cm³/mol. The monoisotopic (exact) mass is 423 g/mol. The SMILES string of the molecule is COC(=O)c1c(Cl)cc(Cl)cc1NC(=S)CCC1COc2ccccc2C1. The average molecular weight is 424 g/mol. The fraction of sp³-hybridized carbons (Fsp3) is 0.300. The average Bonchev–Trinajstić information content (AvgIpc) is 2.65. The molecule has 0 saturated carbocycles. The second-order valence-electron chi connectivity index (χ2n) is 6.38. The van der Waals surface area contributed by atoms with Crippen molar-refractivity contribution in [3.05, 3.63) is 57.6 Å². The van der Waals surface area contributed by atoms with Gasteiger partial charge in [0.25, 0.3) is 0 Å². The van der Waals surface area contributed by atoms with Gasteiger partial charge in [-0.05, 0) is 48.9 Å². The van der Waals surface area contributed by atoms with E-state index in [2.05, 4.69) is 11.4 Å².